The van der Waals surface area contributed by atoms with E-state index in [0.29, 0.717) is 22.5 Å². The van der Waals surface area contributed by atoms with Gasteiger partial charge in [0.15, 0.2) is 0 Å². The Balaban J connectivity index is 2.27. The van der Waals surface area contributed by atoms with Crippen LogP contribution in [0.2, 0.25) is 0 Å². The van der Waals surface area contributed by atoms with Gasteiger partial charge in [0, 0.05) is 16.9 Å². The molecule has 0 heterocycles. The number of hydrogen-bond acceptors (Lipinski definition) is 3. The molecule has 0 bridgehead atoms. The van der Waals surface area contributed by atoms with Crippen molar-refractivity contribution in [2.24, 2.45) is 0 Å². The van der Waals surface area contributed by atoms with E-state index < -0.39 is 6.10 Å². The van der Waals surface area contributed by atoms with Crippen LogP contribution in [0.3, 0.4) is 0 Å². The lowest BCUT2D eigenvalue weighted by molar-refractivity contribution is 0.102. The Morgan fingerprint density at radius 3 is 2.47 bits per heavy atom. The quantitative estimate of drug-likeness (QED) is 0.739. The van der Waals surface area contributed by atoms with E-state index in [1.165, 1.54) is 0 Å². The first-order valence-corrected chi connectivity index (χ1v) is 6.02. The fourth-order valence-corrected chi connectivity index (χ4v) is 1.87. The van der Waals surface area contributed by atoms with Crippen LogP contribution in [0.4, 0.5) is 11.4 Å². The maximum atomic E-state index is 12.1. The van der Waals surface area contributed by atoms with Crippen molar-refractivity contribution in [2.75, 3.05) is 11.1 Å². The van der Waals surface area contributed by atoms with Crippen molar-refractivity contribution in [3.8, 4) is 0 Å². The molecule has 19 heavy (non-hydrogen) atoms. The Labute approximate surface area is 111 Å². The smallest absolute Gasteiger partial charge is 0.257 e. The number of aliphatic hydroxyl groups excluding tert-OH is 1. The maximum Gasteiger partial charge on any atom is 0.257 e. The second kappa shape index (κ2) is 5.54. The molecule has 4 N–H and O–H groups in total. The van der Waals surface area contributed by atoms with Crippen LogP contribution in [-0.4, -0.2) is 11.0 Å². The predicted molar refractivity (Wildman–Crippen MR) is 75.9 cm³/mol. The molecular formula is C15H16N2O2. The van der Waals surface area contributed by atoms with Crippen molar-refractivity contribution in [2.45, 2.75) is 13.0 Å². The highest BCUT2D eigenvalue weighted by Crippen LogP contribution is 2.23. The van der Waals surface area contributed by atoms with Crippen LogP contribution < -0.4 is 11.1 Å². The molecule has 4 nitrogen and oxygen atoms in total. The fraction of sp³-hybridized carbons (Fsp3) is 0.133. The topological polar surface area (TPSA) is 75.3 Å². The Kier molecular flexibility index (Phi) is 3.82. The lowest BCUT2D eigenvalue weighted by Crippen LogP contribution is -2.15. The molecule has 0 saturated carbocycles. The summed E-state index contributed by atoms with van der Waals surface area (Å²) in [5, 5.41) is 12.4. The number of hydrogen-bond donors (Lipinski definition) is 3. The summed E-state index contributed by atoms with van der Waals surface area (Å²) < 4.78 is 0. The highest BCUT2D eigenvalue weighted by atomic mass is 16.3. The van der Waals surface area contributed by atoms with Gasteiger partial charge in [0.1, 0.15) is 0 Å². The van der Waals surface area contributed by atoms with Crippen molar-refractivity contribution >= 4 is 17.3 Å². The minimum Gasteiger partial charge on any atom is -0.398 e. The molecule has 4 heteroatoms. The monoisotopic (exact) mass is 256 g/mol. The summed E-state index contributed by atoms with van der Waals surface area (Å²) in [7, 11) is 0. The van der Waals surface area contributed by atoms with Gasteiger partial charge in [-0.05, 0) is 25.1 Å². The molecule has 0 fully saturated rings. The van der Waals surface area contributed by atoms with Crippen LogP contribution in [0, 0.1) is 0 Å². The van der Waals surface area contributed by atoms with E-state index in [-0.39, 0.29) is 5.91 Å². The van der Waals surface area contributed by atoms with Gasteiger partial charge in [0.05, 0.1) is 11.7 Å². The average molecular weight is 256 g/mol. The summed E-state index contributed by atoms with van der Waals surface area (Å²) in [4.78, 5) is 12.1. The molecule has 1 amide bonds. The van der Waals surface area contributed by atoms with Gasteiger partial charge in [-0.3, -0.25) is 4.79 Å². The van der Waals surface area contributed by atoms with Gasteiger partial charge < -0.3 is 16.2 Å². The average Bonchev–Trinajstić information content (AvgIpc) is 2.39. The van der Waals surface area contributed by atoms with E-state index in [2.05, 4.69) is 5.32 Å². The molecule has 0 saturated heterocycles. The van der Waals surface area contributed by atoms with Crippen LogP contribution in [0.15, 0.2) is 48.5 Å². The molecule has 0 aliphatic rings. The minimum atomic E-state index is -0.648. The third kappa shape index (κ3) is 2.92. The molecule has 1 atom stereocenters. The lowest BCUT2D eigenvalue weighted by Gasteiger charge is -2.13. The summed E-state index contributed by atoms with van der Waals surface area (Å²) in [5.74, 6) is -0.286. The molecule has 0 spiro atoms. The summed E-state index contributed by atoms with van der Waals surface area (Å²) in [6, 6.07) is 14.0. The molecule has 0 radical (unpaired) electrons. The minimum absolute atomic E-state index is 0.286. The highest BCUT2D eigenvalue weighted by Gasteiger charge is 2.13. The second-order valence-corrected chi connectivity index (χ2v) is 4.30. The van der Waals surface area contributed by atoms with Crippen molar-refractivity contribution in [3.05, 3.63) is 59.7 Å². The van der Waals surface area contributed by atoms with Crippen LogP contribution in [0.1, 0.15) is 28.9 Å². The fourth-order valence-electron chi connectivity index (χ4n) is 1.87. The number of nitrogen functional groups attached to an aromatic ring is 1. The molecular weight excluding hydrogens is 240 g/mol. The van der Waals surface area contributed by atoms with Crippen molar-refractivity contribution in [1.82, 2.24) is 0 Å². The molecule has 0 aliphatic heterocycles. The van der Waals surface area contributed by atoms with Crippen molar-refractivity contribution in [1.29, 1.82) is 0 Å². The van der Waals surface area contributed by atoms with Gasteiger partial charge in [-0.2, -0.15) is 0 Å². The third-order valence-corrected chi connectivity index (χ3v) is 2.86. The molecule has 0 aromatic heterocycles. The number of carbonyl (C=O) groups is 1. The molecule has 2 aromatic carbocycles. The molecule has 98 valence electrons. The molecule has 1 unspecified atom stereocenters. The number of nitrogens with one attached hydrogen (secondary N) is 1. The molecule has 0 aliphatic carbocycles. The first-order valence-electron chi connectivity index (χ1n) is 6.02. The Morgan fingerprint density at radius 2 is 1.79 bits per heavy atom. The maximum absolute atomic E-state index is 12.1. The lowest BCUT2D eigenvalue weighted by atomic mass is 10.1. The van der Waals surface area contributed by atoms with Crippen LogP contribution >= 0.6 is 0 Å². The Morgan fingerprint density at radius 1 is 1.16 bits per heavy atom. The first-order chi connectivity index (χ1) is 9.09. The zero-order valence-electron chi connectivity index (χ0n) is 10.6. The SMILES string of the molecule is CC(O)c1ccccc1NC(=O)c1ccccc1N. The third-order valence-electron chi connectivity index (χ3n) is 2.86. The molecule has 2 aromatic rings. The van der Waals surface area contributed by atoms with E-state index in [1.54, 1.807) is 49.4 Å². The standard InChI is InChI=1S/C15H16N2O2/c1-10(18)11-6-3-5-9-14(11)17-15(19)12-7-2-4-8-13(12)16/h2-10,18H,16H2,1H3,(H,17,19). The van der Waals surface area contributed by atoms with E-state index in [0.717, 1.165) is 0 Å². The zero-order valence-corrected chi connectivity index (χ0v) is 10.6. The van der Waals surface area contributed by atoms with Crippen LogP contribution in [0.25, 0.3) is 0 Å². The summed E-state index contributed by atoms with van der Waals surface area (Å²) in [6.45, 7) is 1.65. The largest absolute Gasteiger partial charge is 0.398 e. The summed E-state index contributed by atoms with van der Waals surface area (Å²) >= 11 is 0. The van der Waals surface area contributed by atoms with Gasteiger partial charge in [-0.25, -0.2) is 0 Å². The highest BCUT2D eigenvalue weighted by molar-refractivity contribution is 6.08. The van der Waals surface area contributed by atoms with E-state index in [1.807, 2.05) is 6.07 Å². The van der Waals surface area contributed by atoms with Crippen LogP contribution in [0.5, 0.6) is 0 Å². The van der Waals surface area contributed by atoms with Gasteiger partial charge in [-0.15, -0.1) is 0 Å². The summed E-state index contributed by atoms with van der Waals surface area (Å²) in [5.41, 5.74) is 7.87. The number of amides is 1. The Bertz CT molecular complexity index is 594. The van der Waals surface area contributed by atoms with E-state index in [4.69, 9.17) is 5.73 Å². The van der Waals surface area contributed by atoms with Crippen molar-refractivity contribution in [3.63, 3.8) is 0 Å². The van der Waals surface area contributed by atoms with Gasteiger partial charge >= 0.3 is 0 Å². The zero-order chi connectivity index (χ0) is 13.8. The number of benzene rings is 2. The second-order valence-electron chi connectivity index (χ2n) is 4.30. The summed E-state index contributed by atoms with van der Waals surface area (Å²) in [6.07, 6.45) is -0.648. The number of aliphatic hydroxyl groups is 1. The van der Waals surface area contributed by atoms with E-state index in [9.17, 15) is 9.90 Å². The van der Waals surface area contributed by atoms with Gasteiger partial charge in [-0.1, -0.05) is 30.3 Å². The van der Waals surface area contributed by atoms with Crippen LogP contribution in [-0.2, 0) is 0 Å². The number of carbonyl (C=O) groups excluding carboxylic acids is 1. The Hall–Kier alpha value is -2.33. The first kappa shape index (κ1) is 13.1. The predicted octanol–water partition coefficient (Wildman–Crippen LogP) is 2.57. The number of rotatable bonds is 3. The van der Waals surface area contributed by atoms with E-state index >= 15 is 0 Å². The number of nitrogens with two attached hydrogens (primary N) is 1. The molecule has 2 rings (SSSR count). The number of para-hydroxylation sites is 2. The van der Waals surface area contributed by atoms with Gasteiger partial charge in [0.2, 0.25) is 0 Å². The normalized spacial score (nSPS) is 11.9. The van der Waals surface area contributed by atoms with Crippen molar-refractivity contribution < 1.29 is 9.90 Å². The van der Waals surface area contributed by atoms with Gasteiger partial charge in [0.25, 0.3) is 5.91 Å². The number of anilines is 2.